The highest BCUT2D eigenvalue weighted by molar-refractivity contribution is 5.83. The predicted octanol–water partition coefficient (Wildman–Crippen LogP) is 6.51. The van der Waals surface area contributed by atoms with Crippen LogP contribution in [-0.2, 0) is 4.79 Å². The van der Waals surface area contributed by atoms with Crippen molar-refractivity contribution in [3.8, 4) is 0 Å². The fraction of sp³-hybridized carbons (Fsp3) is 0.900. The first kappa shape index (κ1) is 24.8. The first-order valence-electron chi connectivity index (χ1n) is 14.1. The van der Waals surface area contributed by atoms with Crippen LogP contribution < -0.4 is 5.48 Å². The molecule has 5 rings (SSSR count). The molecule has 0 heterocycles. The average Bonchev–Trinajstić information content (AvgIpc) is 2.79. The summed E-state index contributed by atoms with van der Waals surface area (Å²) >= 11 is 0. The van der Waals surface area contributed by atoms with E-state index in [1.165, 1.54) is 18.4 Å². The smallest absolute Gasteiger partial charge is 0.250 e. The van der Waals surface area contributed by atoms with Gasteiger partial charge in [0.25, 0.3) is 0 Å². The number of hydrogen-bond donors (Lipinski definition) is 3. The van der Waals surface area contributed by atoms with E-state index in [9.17, 15) is 15.1 Å². The molecule has 10 atom stereocenters. The van der Waals surface area contributed by atoms with Crippen LogP contribution in [0.3, 0.4) is 0 Å². The topological polar surface area (TPSA) is 69.6 Å². The third-order valence-electron chi connectivity index (χ3n) is 13.5. The van der Waals surface area contributed by atoms with Gasteiger partial charge < -0.3 is 5.11 Å². The van der Waals surface area contributed by atoms with Crippen molar-refractivity contribution in [2.24, 2.45) is 56.7 Å². The van der Waals surface area contributed by atoms with Gasteiger partial charge in [0.1, 0.15) is 0 Å². The summed E-state index contributed by atoms with van der Waals surface area (Å²) in [6.45, 7) is 17.0. The molecule has 192 valence electrons. The minimum Gasteiger partial charge on any atom is -0.393 e. The van der Waals surface area contributed by atoms with Gasteiger partial charge in [0.05, 0.1) is 11.5 Å². The lowest BCUT2D eigenvalue weighted by molar-refractivity contribution is -0.205. The number of fused-ring (bicyclic) bond motifs is 7. The second kappa shape index (κ2) is 7.57. The molecule has 0 saturated heterocycles. The van der Waals surface area contributed by atoms with E-state index in [1.54, 1.807) is 0 Å². The van der Waals surface area contributed by atoms with E-state index in [0.717, 1.165) is 44.9 Å². The predicted molar refractivity (Wildman–Crippen MR) is 135 cm³/mol. The summed E-state index contributed by atoms with van der Waals surface area (Å²) in [6, 6.07) is 0. The van der Waals surface area contributed by atoms with Gasteiger partial charge >= 0.3 is 0 Å². The van der Waals surface area contributed by atoms with Gasteiger partial charge in [-0.2, -0.15) is 0 Å². The van der Waals surface area contributed by atoms with E-state index >= 15 is 0 Å². The van der Waals surface area contributed by atoms with Crippen molar-refractivity contribution >= 4 is 5.91 Å². The molecule has 0 spiro atoms. The van der Waals surface area contributed by atoms with Crippen LogP contribution in [0.1, 0.15) is 106 Å². The number of allylic oxidation sites excluding steroid dienone is 2. The molecule has 0 aliphatic heterocycles. The molecule has 1 unspecified atom stereocenters. The summed E-state index contributed by atoms with van der Waals surface area (Å²) in [5.74, 6) is 2.26. The Morgan fingerprint density at radius 1 is 0.941 bits per heavy atom. The molecule has 1 amide bonds. The summed E-state index contributed by atoms with van der Waals surface area (Å²) in [6.07, 6.45) is 11.8. The van der Waals surface area contributed by atoms with Crippen LogP contribution >= 0.6 is 0 Å². The Morgan fingerprint density at radius 3 is 2.32 bits per heavy atom. The van der Waals surface area contributed by atoms with E-state index in [2.05, 4.69) is 60.0 Å². The maximum atomic E-state index is 13.2. The number of hydrogen-bond acceptors (Lipinski definition) is 3. The maximum Gasteiger partial charge on any atom is 0.250 e. The molecule has 0 bridgehead atoms. The number of aliphatic hydroxyl groups excluding tert-OH is 1. The van der Waals surface area contributed by atoms with Crippen LogP contribution in [-0.4, -0.2) is 22.3 Å². The van der Waals surface area contributed by atoms with Crippen LogP contribution in [0.2, 0.25) is 0 Å². The van der Waals surface area contributed by atoms with Gasteiger partial charge in [0.2, 0.25) is 5.91 Å². The molecular weight excluding hydrogens is 422 g/mol. The van der Waals surface area contributed by atoms with Crippen LogP contribution in [0.15, 0.2) is 11.6 Å². The zero-order valence-electron chi connectivity index (χ0n) is 22.7. The highest BCUT2D eigenvalue weighted by Gasteiger charge is 2.69. The largest absolute Gasteiger partial charge is 0.393 e. The van der Waals surface area contributed by atoms with Crippen LogP contribution in [0, 0.1) is 56.7 Å². The van der Waals surface area contributed by atoms with Crippen LogP contribution in [0.4, 0.5) is 0 Å². The Balaban J connectivity index is 1.61. The number of nitrogens with one attached hydrogen (secondary N) is 1. The normalized spacial score (nSPS) is 54.0. The molecule has 0 aromatic rings. The molecule has 5 aliphatic carbocycles. The Hall–Kier alpha value is -0.870. The summed E-state index contributed by atoms with van der Waals surface area (Å²) in [5, 5.41) is 20.7. The highest BCUT2D eigenvalue weighted by atomic mass is 16.5. The molecule has 34 heavy (non-hydrogen) atoms. The minimum absolute atomic E-state index is 0.0343. The molecule has 0 radical (unpaired) electrons. The average molecular weight is 472 g/mol. The summed E-state index contributed by atoms with van der Waals surface area (Å²) in [5.41, 5.74) is 3.66. The van der Waals surface area contributed by atoms with Gasteiger partial charge in [-0.05, 0) is 109 Å². The molecular formula is C30H49NO3. The Bertz CT molecular complexity index is 895. The lowest BCUT2D eigenvalue weighted by Gasteiger charge is -2.71. The Labute approximate surface area is 207 Å². The second-order valence-corrected chi connectivity index (χ2v) is 14.6. The number of rotatable bonds is 1. The van der Waals surface area contributed by atoms with Crippen molar-refractivity contribution in [2.75, 3.05) is 0 Å². The number of carbonyl (C=O) groups is 1. The van der Waals surface area contributed by atoms with Crippen LogP contribution in [0.5, 0.6) is 0 Å². The third kappa shape index (κ3) is 2.82. The monoisotopic (exact) mass is 471 g/mol. The Morgan fingerprint density at radius 2 is 1.65 bits per heavy atom. The summed E-state index contributed by atoms with van der Waals surface area (Å²) in [4.78, 5) is 13.2. The fourth-order valence-electron chi connectivity index (χ4n) is 11.0. The van der Waals surface area contributed by atoms with Crippen LogP contribution in [0.25, 0.3) is 0 Å². The van der Waals surface area contributed by atoms with Gasteiger partial charge in [-0.25, -0.2) is 5.48 Å². The number of hydroxylamine groups is 1. The molecule has 4 nitrogen and oxygen atoms in total. The van der Waals surface area contributed by atoms with E-state index in [-0.39, 0.29) is 39.6 Å². The van der Waals surface area contributed by atoms with Gasteiger partial charge in [0, 0.05) is 0 Å². The molecule has 5 aliphatic rings. The van der Waals surface area contributed by atoms with Crippen molar-refractivity contribution in [1.29, 1.82) is 0 Å². The highest BCUT2D eigenvalue weighted by Crippen LogP contribution is 2.75. The van der Waals surface area contributed by atoms with E-state index < -0.39 is 5.41 Å². The standard InChI is InChI=1S/C30H49NO3/c1-18-10-15-30(25(33)31-34)17-16-28(6)20(24(30)19(18)2)8-9-22-27(5)13-12-23(32)26(3,4)21(27)11-14-29(22,28)7/h8,18-19,21-24,32,34H,9-17H2,1-7H3,(H,31,33)/t18-,19+,21+,22-,23?,24+,27+,28-,29-,30+/m1/s1. The first-order valence-corrected chi connectivity index (χ1v) is 14.1. The molecule has 4 saturated carbocycles. The zero-order valence-corrected chi connectivity index (χ0v) is 22.7. The number of carbonyl (C=O) groups excluding carboxylic acids is 1. The Kier molecular flexibility index (Phi) is 5.52. The van der Waals surface area contributed by atoms with Crippen molar-refractivity contribution < 1.29 is 15.1 Å². The fourth-order valence-corrected chi connectivity index (χ4v) is 11.0. The molecule has 4 heteroatoms. The van der Waals surface area contributed by atoms with Crippen molar-refractivity contribution in [3.05, 3.63) is 11.6 Å². The van der Waals surface area contributed by atoms with E-state index in [4.69, 9.17) is 0 Å². The molecule has 3 N–H and O–H groups in total. The summed E-state index contributed by atoms with van der Waals surface area (Å²) in [7, 11) is 0. The first-order chi connectivity index (χ1) is 15.8. The maximum absolute atomic E-state index is 13.2. The van der Waals surface area contributed by atoms with Gasteiger partial charge in [0.15, 0.2) is 0 Å². The van der Waals surface area contributed by atoms with E-state index in [1.807, 2.05) is 0 Å². The molecule has 0 aromatic carbocycles. The molecule has 4 fully saturated rings. The molecule has 0 aromatic heterocycles. The quantitative estimate of drug-likeness (QED) is 0.232. The lowest BCUT2D eigenvalue weighted by Crippen LogP contribution is -2.65. The summed E-state index contributed by atoms with van der Waals surface area (Å²) < 4.78 is 0. The van der Waals surface area contributed by atoms with Gasteiger partial charge in [-0.15, -0.1) is 0 Å². The van der Waals surface area contributed by atoms with Gasteiger partial charge in [-0.1, -0.05) is 60.1 Å². The second-order valence-electron chi connectivity index (χ2n) is 14.6. The number of amides is 1. The van der Waals surface area contributed by atoms with E-state index in [0.29, 0.717) is 23.7 Å². The van der Waals surface area contributed by atoms with Crippen molar-refractivity contribution in [1.82, 2.24) is 5.48 Å². The minimum atomic E-state index is -0.465. The van der Waals surface area contributed by atoms with Crippen molar-refractivity contribution in [3.63, 3.8) is 0 Å². The lowest BCUT2D eigenvalue weighted by atomic mass is 9.33. The van der Waals surface area contributed by atoms with Gasteiger partial charge in [-0.3, -0.25) is 10.0 Å². The SMILES string of the molecule is C[C@H]1[C@H](C)CC[C@]2(C(=O)NO)CC[C@]3(C)C(=CC[C@@H]4[C@@]5(C)CCC(O)C(C)(C)[C@@H]5CC[C@]43C)[C@H]12. The van der Waals surface area contributed by atoms with Crippen molar-refractivity contribution in [2.45, 2.75) is 112 Å². The third-order valence-corrected chi connectivity index (χ3v) is 13.5. The number of aliphatic hydroxyl groups is 1. The zero-order chi connectivity index (χ0) is 24.9.